The van der Waals surface area contributed by atoms with Gasteiger partial charge in [0.25, 0.3) is 0 Å². The van der Waals surface area contributed by atoms with Gasteiger partial charge in [-0.3, -0.25) is 9.88 Å². The number of pyridine rings is 1. The fourth-order valence-electron chi connectivity index (χ4n) is 2.85. The molecule has 1 aliphatic heterocycles. The number of aromatic nitrogens is 1. The Morgan fingerprint density at radius 3 is 2.95 bits per heavy atom. The van der Waals surface area contributed by atoms with Crippen molar-refractivity contribution in [3.63, 3.8) is 0 Å². The van der Waals surface area contributed by atoms with E-state index in [1.165, 1.54) is 30.5 Å². The van der Waals surface area contributed by atoms with Crippen LogP contribution in [0, 0.1) is 12.8 Å². The molecule has 1 unspecified atom stereocenters. The fraction of sp³-hybridized carbons (Fsp3) is 0.688. The van der Waals surface area contributed by atoms with E-state index in [0.29, 0.717) is 12.0 Å². The Labute approximate surface area is 117 Å². The predicted molar refractivity (Wildman–Crippen MR) is 80.1 cm³/mol. The summed E-state index contributed by atoms with van der Waals surface area (Å²) in [7, 11) is 0. The van der Waals surface area contributed by atoms with Gasteiger partial charge in [-0.05, 0) is 49.4 Å². The summed E-state index contributed by atoms with van der Waals surface area (Å²) in [5.74, 6) is 0.707. The van der Waals surface area contributed by atoms with E-state index >= 15 is 0 Å². The molecule has 2 heterocycles. The van der Waals surface area contributed by atoms with Gasteiger partial charge in [0.1, 0.15) is 0 Å². The highest BCUT2D eigenvalue weighted by atomic mass is 15.2. The van der Waals surface area contributed by atoms with Crippen molar-refractivity contribution in [1.29, 1.82) is 0 Å². The fourth-order valence-corrected chi connectivity index (χ4v) is 2.85. The van der Waals surface area contributed by atoms with Gasteiger partial charge in [-0.2, -0.15) is 0 Å². The summed E-state index contributed by atoms with van der Waals surface area (Å²) < 4.78 is 0. The van der Waals surface area contributed by atoms with Crippen LogP contribution in [0.25, 0.3) is 0 Å². The van der Waals surface area contributed by atoms with Gasteiger partial charge in [-0.1, -0.05) is 13.8 Å². The third-order valence-electron chi connectivity index (χ3n) is 3.81. The maximum Gasteiger partial charge on any atom is 0.0315 e. The highest BCUT2D eigenvalue weighted by Gasteiger charge is 2.19. The highest BCUT2D eigenvalue weighted by Crippen LogP contribution is 2.14. The molecule has 0 aromatic carbocycles. The van der Waals surface area contributed by atoms with Crippen LogP contribution in [0.2, 0.25) is 0 Å². The number of nitrogens with one attached hydrogen (secondary N) is 1. The molecule has 0 spiro atoms. The zero-order valence-corrected chi connectivity index (χ0v) is 12.5. The first kappa shape index (κ1) is 14.5. The molecule has 0 aliphatic carbocycles. The van der Waals surface area contributed by atoms with Crippen molar-refractivity contribution >= 4 is 0 Å². The van der Waals surface area contributed by atoms with Crippen LogP contribution in [0.15, 0.2) is 18.5 Å². The SMILES string of the molecule is Cc1ccncc1CN(CC(C)C)CC1CCCN1. The second-order valence-corrected chi connectivity index (χ2v) is 6.18. The number of hydrogen-bond donors (Lipinski definition) is 1. The predicted octanol–water partition coefficient (Wildman–Crippen LogP) is 2.60. The van der Waals surface area contributed by atoms with Crippen LogP contribution in [0.5, 0.6) is 0 Å². The molecule has 0 bridgehead atoms. The van der Waals surface area contributed by atoms with Crippen molar-refractivity contribution in [1.82, 2.24) is 15.2 Å². The summed E-state index contributed by atoms with van der Waals surface area (Å²) >= 11 is 0. The molecule has 0 amide bonds. The third kappa shape index (κ3) is 4.59. The molecule has 3 nitrogen and oxygen atoms in total. The first-order chi connectivity index (χ1) is 9.15. The zero-order valence-electron chi connectivity index (χ0n) is 12.5. The molecule has 19 heavy (non-hydrogen) atoms. The first-order valence-electron chi connectivity index (χ1n) is 7.50. The summed E-state index contributed by atoms with van der Waals surface area (Å²) in [4.78, 5) is 6.85. The maximum absolute atomic E-state index is 4.27. The van der Waals surface area contributed by atoms with Crippen molar-refractivity contribution in [2.45, 2.75) is 46.2 Å². The largest absolute Gasteiger partial charge is 0.313 e. The Bertz CT molecular complexity index is 383. The van der Waals surface area contributed by atoms with Crippen molar-refractivity contribution in [2.24, 2.45) is 5.92 Å². The Hall–Kier alpha value is -0.930. The lowest BCUT2D eigenvalue weighted by atomic mass is 10.1. The second kappa shape index (κ2) is 7.01. The normalized spacial score (nSPS) is 19.5. The number of rotatable bonds is 6. The molecule has 1 aliphatic rings. The van der Waals surface area contributed by atoms with Gasteiger partial charge in [0.15, 0.2) is 0 Å². The van der Waals surface area contributed by atoms with Crippen molar-refractivity contribution in [3.8, 4) is 0 Å². The molecule has 2 rings (SSSR count). The highest BCUT2D eigenvalue weighted by molar-refractivity contribution is 5.21. The van der Waals surface area contributed by atoms with Crippen LogP contribution in [-0.4, -0.2) is 35.6 Å². The summed E-state index contributed by atoms with van der Waals surface area (Å²) in [6, 6.07) is 2.78. The summed E-state index contributed by atoms with van der Waals surface area (Å²) in [6.07, 6.45) is 6.54. The van der Waals surface area contributed by atoms with Crippen LogP contribution in [0.4, 0.5) is 0 Å². The van der Waals surface area contributed by atoms with Gasteiger partial charge in [0.2, 0.25) is 0 Å². The number of hydrogen-bond acceptors (Lipinski definition) is 3. The smallest absolute Gasteiger partial charge is 0.0315 e. The minimum absolute atomic E-state index is 0.677. The minimum Gasteiger partial charge on any atom is -0.313 e. The van der Waals surface area contributed by atoms with Gasteiger partial charge in [0, 0.05) is 38.1 Å². The van der Waals surface area contributed by atoms with Gasteiger partial charge in [-0.15, -0.1) is 0 Å². The lowest BCUT2D eigenvalue weighted by molar-refractivity contribution is 0.215. The van der Waals surface area contributed by atoms with Gasteiger partial charge >= 0.3 is 0 Å². The molecule has 3 heteroatoms. The Kier molecular flexibility index (Phi) is 5.34. The third-order valence-corrected chi connectivity index (χ3v) is 3.81. The lowest BCUT2D eigenvalue weighted by Gasteiger charge is -2.27. The van der Waals surface area contributed by atoms with E-state index in [0.717, 1.165) is 19.6 Å². The summed E-state index contributed by atoms with van der Waals surface area (Å²) in [5.41, 5.74) is 2.71. The van der Waals surface area contributed by atoms with E-state index in [1.54, 1.807) is 0 Å². The molecule has 0 saturated carbocycles. The number of nitrogens with zero attached hydrogens (tertiary/aromatic N) is 2. The minimum atomic E-state index is 0.677. The lowest BCUT2D eigenvalue weighted by Crippen LogP contribution is -2.39. The van der Waals surface area contributed by atoms with E-state index in [9.17, 15) is 0 Å². The number of aryl methyl sites for hydroxylation is 1. The van der Waals surface area contributed by atoms with Crippen molar-refractivity contribution < 1.29 is 0 Å². The van der Waals surface area contributed by atoms with E-state index in [2.05, 4.69) is 42.0 Å². The summed E-state index contributed by atoms with van der Waals surface area (Å²) in [5, 5.41) is 3.60. The van der Waals surface area contributed by atoms with Crippen LogP contribution >= 0.6 is 0 Å². The molecule has 1 aromatic heterocycles. The first-order valence-corrected chi connectivity index (χ1v) is 7.50. The maximum atomic E-state index is 4.27. The molecule has 1 aromatic rings. The monoisotopic (exact) mass is 261 g/mol. The van der Waals surface area contributed by atoms with Crippen LogP contribution in [-0.2, 0) is 6.54 Å². The van der Waals surface area contributed by atoms with E-state index < -0.39 is 0 Å². The van der Waals surface area contributed by atoms with Gasteiger partial charge in [-0.25, -0.2) is 0 Å². The molecular formula is C16H27N3. The molecule has 1 atom stereocenters. The average Bonchev–Trinajstić information content (AvgIpc) is 2.84. The summed E-state index contributed by atoms with van der Waals surface area (Å²) in [6.45, 7) is 11.3. The quantitative estimate of drug-likeness (QED) is 0.853. The van der Waals surface area contributed by atoms with Crippen molar-refractivity contribution in [2.75, 3.05) is 19.6 Å². The molecule has 106 valence electrons. The van der Waals surface area contributed by atoms with Crippen LogP contribution in [0.1, 0.15) is 37.8 Å². The Morgan fingerprint density at radius 2 is 2.32 bits per heavy atom. The van der Waals surface area contributed by atoms with E-state index in [4.69, 9.17) is 0 Å². The topological polar surface area (TPSA) is 28.2 Å². The van der Waals surface area contributed by atoms with Crippen LogP contribution < -0.4 is 5.32 Å². The van der Waals surface area contributed by atoms with Crippen LogP contribution in [0.3, 0.4) is 0 Å². The second-order valence-electron chi connectivity index (χ2n) is 6.18. The Balaban J connectivity index is 1.98. The molecule has 0 radical (unpaired) electrons. The molecular weight excluding hydrogens is 234 g/mol. The van der Waals surface area contributed by atoms with E-state index in [1.807, 2.05) is 12.4 Å². The molecule has 1 N–H and O–H groups in total. The Morgan fingerprint density at radius 1 is 1.47 bits per heavy atom. The van der Waals surface area contributed by atoms with Gasteiger partial charge < -0.3 is 5.32 Å². The molecule has 1 saturated heterocycles. The average molecular weight is 261 g/mol. The van der Waals surface area contributed by atoms with Gasteiger partial charge in [0.05, 0.1) is 0 Å². The van der Waals surface area contributed by atoms with E-state index in [-0.39, 0.29) is 0 Å². The van der Waals surface area contributed by atoms with Crippen molar-refractivity contribution in [3.05, 3.63) is 29.6 Å². The zero-order chi connectivity index (χ0) is 13.7. The molecule has 1 fully saturated rings. The standard InChI is InChI=1S/C16H27N3/c1-13(2)10-19(12-16-5-4-7-18-16)11-15-9-17-8-6-14(15)3/h6,8-9,13,16,18H,4-5,7,10-12H2,1-3H3.